The van der Waals surface area contributed by atoms with Gasteiger partial charge < -0.3 is 15.2 Å². The summed E-state index contributed by atoms with van der Waals surface area (Å²) < 4.78 is 0. The molecule has 1 amide bonds. The van der Waals surface area contributed by atoms with Gasteiger partial charge >= 0.3 is 35.2 Å². The Morgan fingerprint density at radius 1 is 1.29 bits per heavy atom. The van der Waals surface area contributed by atoms with Crippen molar-refractivity contribution in [3.63, 3.8) is 0 Å². The Morgan fingerprint density at radius 3 is 2.38 bits per heavy atom. The van der Waals surface area contributed by atoms with Crippen molar-refractivity contribution in [2.24, 2.45) is 10.2 Å². The summed E-state index contributed by atoms with van der Waals surface area (Å²) in [5.41, 5.74) is -2.60. The van der Waals surface area contributed by atoms with E-state index >= 15 is 0 Å². The number of azo groups is 1. The maximum atomic E-state index is 11.6. The van der Waals surface area contributed by atoms with Crippen LogP contribution < -0.4 is 40.0 Å². The summed E-state index contributed by atoms with van der Waals surface area (Å²) in [6, 6.07) is 1.98. The largest absolute Gasteiger partial charge is 1.00 e. The first-order valence-electron chi connectivity index (χ1n) is 7.41. The van der Waals surface area contributed by atoms with Crippen LogP contribution in [0.3, 0.4) is 0 Å². The monoisotopic (exact) mass is 343 g/mol. The Labute approximate surface area is 164 Å². The molecule has 2 atom stereocenters. The van der Waals surface area contributed by atoms with Crippen molar-refractivity contribution in [2.75, 3.05) is 6.54 Å². The van der Waals surface area contributed by atoms with Gasteiger partial charge in [-0.15, -0.1) is 5.11 Å². The topological polar surface area (TPSA) is 122 Å². The normalized spacial score (nSPS) is 15.2. The van der Waals surface area contributed by atoms with Gasteiger partial charge in [-0.05, 0) is 26.2 Å². The molecule has 0 aliphatic rings. The third-order valence-corrected chi connectivity index (χ3v) is 3.18. The van der Waals surface area contributed by atoms with Crippen molar-refractivity contribution in [2.45, 2.75) is 64.1 Å². The summed E-state index contributed by atoms with van der Waals surface area (Å²) in [6.07, 6.45) is 0.734. The van der Waals surface area contributed by atoms with Crippen LogP contribution in [0.1, 0.15) is 52.9 Å². The van der Waals surface area contributed by atoms with E-state index in [-0.39, 0.29) is 61.1 Å². The van der Waals surface area contributed by atoms with Gasteiger partial charge in [0.05, 0.1) is 12.5 Å². The molecular weight excluding hydrogens is 321 g/mol. The number of hydrogen-bond donors (Lipinski definition) is 1. The number of nitrogens with one attached hydrogen (secondary N) is 1. The van der Waals surface area contributed by atoms with E-state index in [1.807, 2.05) is 13.0 Å². The Balaban J connectivity index is 0. The second-order valence-corrected chi connectivity index (χ2v) is 5.64. The summed E-state index contributed by atoms with van der Waals surface area (Å²) in [6.45, 7) is 12.6. The molecule has 0 saturated carbocycles. The first-order chi connectivity index (χ1) is 10.7. The number of nitrogens with zero attached hydrogens (tertiary/aromatic N) is 4. The van der Waals surface area contributed by atoms with Gasteiger partial charge in [0.1, 0.15) is 0 Å². The number of carboxylic acid groups (broad SMARTS) is 1. The molecule has 0 aliphatic heterocycles. The zero-order valence-electron chi connectivity index (χ0n) is 14.8. The summed E-state index contributed by atoms with van der Waals surface area (Å²) in [7, 11) is 0. The Morgan fingerprint density at radius 2 is 1.92 bits per heavy atom. The zero-order valence-corrected chi connectivity index (χ0v) is 16.8. The van der Waals surface area contributed by atoms with Crippen LogP contribution in [0.15, 0.2) is 10.2 Å². The van der Waals surface area contributed by atoms with Gasteiger partial charge in [0.15, 0.2) is 5.54 Å². The summed E-state index contributed by atoms with van der Waals surface area (Å²) in [5, 5.41) is 30.2. The van der Waals surface area contributed by atoms with E-state index in [0.717, 1.165) is 6.42 Å². The second kappa shape index (κ2) is 12.0. The Bertz CT molecular complexity index is 540. The van der Waals surface area contributed by atoms with Crippen LogP contribution in [0.4, 0.5) is 0 Å². The molecule has 126 valence electrons. The van der Waals surface area contributed by atoms with Crippen LogP contribution in [-0.2, 0) is 9.59 Å². The summed E-state index contributed by atoms with van der Waals surface area (Å²) >= 11 is 0. The average molecular weight is 343 g/mol. The van der Waals surface area contributed by atoms with Crippen molar-refractivity contribution >= 4 is 11.9 Å². The van der Waals surface area contributed by atoms with E-state index in [1.54, 1.807) is 0 Å². The van der Waals surface area contributed by atoms with Gasteiger partial charge in [0.25, 0.3) is 0 Å². The van der Waals surface area contributed by atoms with E-state index in [9.17, 15) is 20.0 Å². The molecule has 8 nitrogen and oxygen atoms in total. The van der Waals surface area contributed by atoms with E-state index in [1.165, 1.54) is 13.8 Å². The average Bonchev–Trinajstić information content (AvgIpc) is 2.54. The fourth-order valence-corrected chi connectivity index (χ4v) is 1.52. The number of amides is 1. The third-order valence-electron chi connectivity index (χ3n) is 3.18. The van der Waals surface area contributed by atoms with E-state index in [0.29, 0.717) is 6.54 Å². The molecule has 0 radical (unpaired) electrons. The van der Waals surface area contributed by atoms with Crippen molar-refractivity contribution < 1.29 is 44.3 Å². The number of carboxylic acids is 1. The Hall–Kier alpha value is -1.48. The van der Waals surface area contributed by atoms with Gasteiger partial charge in [0, 0.05) is 25.9 Å². The summed E-state index contributed by atoms with van der Waals surface area (Å²) in [4.78, 5) is 25.4. The van der Waals surface area contributed by atoms with Gasteiger partial charge in [-0.2, -0.15) is 10.4 Å². The third kappa shape index (κ3) is 10.3. The van der Waals surface area contributed by atoms with Crippen molar-refractivity contribution in [1.82, 2.24) is 5.32 Å². The van der Waals surface area contributed by atoms with Gasteiger partial charge in [-0.25, -0.2) is 6.57 Å². The number of hydrogen-bond acceptors (Lipinski definition) is 6. The number of nitriles is 1. The maximum Gasteiger partial charge on any atom is 1.00 e. The molecule has 0 saturated heterocycles. The molecule has 0 rings (SSSR count). The predicted molar refractivity (Wildman–Crippen MR) is 80.7 cm³/mol. The molecule has 0 aromatic rings. The van der Waals surface area contributed by atoms with Crippen LogP contribution in [0, 0.1) is 17.9 Å². The minimum absolute atomic E-state index is 0. The standard InChI is InChI=1S/C15H23N5O3.Na/c1-5-10-18-12(21)6-8-14(2,11-16)19-20-15(3,17-4)9-7-13(22)23;/h5-10H2,1-3H3,(H,18,21)(H,22,23);/q;+1/p-1. The number of aliphatic carboxylic acids is 1. The van der Waals surface area contributed by atoms with Gasteiger partial charge in [-0.3, -0.25) is 9.64 Å². The fraction of sp³-hybridized carbons (Fsp3) is 0.733. The van der Waals surface area contributed by atoms with Crippen molar-refractivity contribution in [3.8, 4) is 6.07 Å². The SMILES string of the molecule is [C-]#[N+]C(C)(CCC(=O)[O-])N=NC(C)(C#N)CCC(=O)NCCC.[Na+]. The minimum atomic E-state index is -1.36. The minimum Gasteiger partial charge on any atom is -0.550 e. The number of rotatable bonds is 10. The predicted octanol–water partition coefficient (Wildman–Crippen LogP) is -1.80. The molecule has 0 spiro atoms. The molecule has 0 bridgehead atoms. The van der Waals surface area contributed by atoms with E-state index < -0.39 is 17.2 Å². The molecule has 0 fully saturated rings. The van der Waals surface area contributed by atoms with Gasteiger partial charge in [0.2, 0.25) is 5.91 Å². The van der Waals surface area contributed by atoms with Gasteiger partial charge in [-0.1, -0.05) is 6.92 Å². The van der Waals surface area contributed by atoms with Crippen LogP contribution in [0.2, 0.25) is 0 Å². The van der Waals surface area contributed by atoms with Crippen LogP contribution in [0.25, 0.3) is 4.85 Å². The quantitative estimate of drug-likeness (QED) is 0.285. The Kier molecular flexibility index (Phi) is 12.3. The van der Waals surface area contributed by atoms with Crippen LogP contribution >= 0.6 is 0 Å². The number of carbonyl (C=O) groups is 2. The van der Waals surface area contributed by atoms with Crippen molar-refractivity contribution in [1.29, 1.82) is 5.26 Å². The summed E-state index contributed by atoms with van der Waals surface area (Å²) in [5.74, 6) is -1.45. The van der Waals surface area contributed by atoms with Crippen LogP contribution in [0.5, 0.6) is 0 Å². The van der Waals surface area contributed by atoms with Crippen LogP contribution in [-0.4, -0.2) is 29.6 Å². The molecule has 0 heterocycles. The van der Waals surface area contributed by atoms with E-state index in [2.05, 4.69) is 20.4 Å². The maximum absolute atomic E-state index is 11.6. The molecule has 24 heavy (non-hydrogen) atoms. The molecule has 2 unspecified atom stereocenters. The van der Waals surface area contributed by atoms with E-state index in [4.69, 9.17) is 6.57 Å². The fourth-order valence-electron chi connectivity index (χ4n) is 1.52. The zero-order chi connectivity index (χ0) is 17.9. The number of carbonyl (C=O) groups excluding carboxylic acids is 2. The molecular formula is C15H22N5NaO3. The first-order valence-corrected chi connectivity index (χ1v) is 7.41. The second-order valence-electron chi connectivity index (χ2n) is 5.64. The molecule has 0 aromatic heterocycles. The molecule has 0 aromatic carbocycles. The molecule has 0 aliphatic carbocycles. The molecule has 9 heteroatoms. The smallest absolute Gasteiger partial charge is 0.550 e. The molecule has 1 N–H and O–H groups in total. The first kappa shape index (κ1) is 24.8. The van der Waals surface area contributed by atoms with Crippen molar-refractivity contribution in [3.05, 3.63) is 11.4 Å².